The van der Waals surface area contributed by atoms with Crippen LogP contribution in [0.1, 0.15) is 24.6 Å². The maximum Gasteiger partial charge on any atom is 0.245 e. The van der Waals surface area contributed by atoms with E-state index in [0.29, 0.717) is 32.5 Å². The Hall–Kier alpha value is -1.40. The molecule has 2 rings (SSSR count). The van der Waals surface area contributed by atoms with Crippen molar-refractivity contribution in [3.63, 3.8) is 0 Å². The lowest BCUT2D eigenvalue weighted by Crippen LogP contribution is -2.54. The van der Waals surface area contributed by atoms with Crippen LogP contribution in [-0.2, 0) is 20.9 Å². The standard InChI is InChI=1S/C14H20N2O3S/c1-14(13(18)15-7-8-19-2)6-5-12(17)16(14)10-11-4-3-9-20-11/h3-4,9H,5-8,10H2,1-2H3,(H,15,18)/t14-/m0/s1. The Balaban J connectivity index is 2.07. The molecule has 6 heteroatoms. The fourth-order valence-electron chi connectivity index (χ4n) is 2.41. The number of ether oxygens (including phenoxy) is 1. The minimum Gasteiger partial charge on any atom is -0.383 e. The molecule has 0 bridgehead atoms. The van der Waals surface area contributed by atoms with Crippen LogP contribution in [0.3, 0.4) is 0 Å². The summed E-state index contributed by atoms with van der Waals surface area (Å²) in [5, 5.41) is 4.82. The highest BCUT2D eigenvalue weighted by Crippen LogP contribution is 2.32. The molecule has 0 spiro atoms. The van der Waals surface area contributed by atoms with E-state index >= 15 is 0 Å². The molecule has 1 atom stereocenters. The molecule has 1 N–H and O–H groups in total. The van der Waals surface area contributed by atoms with Gasteiger partial charge in [-0.15, -0.1) is 11.3 Å². The van der Waals surface area contributed by atoms with Gasteiger partial charge in [0, 0.05) is 25.0 Å². The summed E-state index contributed by atoms with van der Waals surface area (Å²) in [6.45, 7) is 3.28. The van der Waals surface area contributed by atoms with Gasteiger partial charge in [-0.25, -0.2) is 0 Å². The fourth-order valence-corrected chi connectivity index (χ4v) is 3.10. The summed E-state index contributed by atoms with van der Waals surface area (Å²) in [6.07, 6.45) is 0.996. The first-order chi connectivity index (χ1) is 9.58. The number of hydrogen-bond acceptors (Lipinski definition) is 4. The lowest BCUT2D eigenvalue weighted by molar-refractivity contribution is -0.141. The zero-order valence-electron chi connectivity index (χ0n) is 11.8. The summed E-state index contributed by atoms with van der Waals surface area (Å²) in [4.78, 5) is 27.2. The number of methoxy groups -OCH3 is 1. The van der Waals surface area contributed by atoms with Crippen molar-refractivity contribution in [2.75, 3.05) is 20.3 Å². The molecule has 0 aromatic carbocycles. The van der Waals surface area contributed by atoms with Crippen LogP contribution in [0, 0.1) is 0 Å². The van der Waals surface area contributed by atoms with E-state index in [0.717, 1.165) is 4.88 Å². The van der Waals surface area contributed by atoms with Crippen molar-refractivity contribution < 1.29 is 14.3 Å². The SMILES string of the molecule is COCCNC(=O)[C@]1(C)CCC(=O)N1Cc1cccs1. The highest BCUT2D eigenvalue weighted by Gasteiger charge is 2.47. The predicted octanol–water partition coefficient (Wildman–Crippen LogP) is 1.39. The molecule has 0 unspecified atom stereocenters. The second-order valence-corrected chi connectivity index (χ2v) is 6.11. The maximum absolute atomic E-state index is 12.4. The molecule has 0 aliphatic carbocycles. The molecule has 20 heavy (non-hydrogen) atoms. The molecule has 1 saturated heterocycles. The van der Waals surface area contributed by atoms with Crippen molar-refractivity contribution >= 4 is 23.2 Å². The average molecular weight is 296 g/mol. The third kappa shape index (κ3) is 3.02. The van der Waals surface area contributed by atoms with Gasteiger partial charge < -0.3 is 15.0 Å². The zero-order chi connectivity index (χ0) is 14.6. The van der Waals surface area contributed by atoms with E-state index in [1.165, 1.54) is 0 Å². The first-order valence-corrected chi connectivity index (χ1v) is 7.56. The molecule has 1 aliphatic heterocycles. The summed E-state index contributed by atoms with van der Waals surface area (Å²) in [7, 11) is 1.59. The summed E-state index contributed by atoms with van der Waals surface area (Å²) < 4.78 is 4.93. The van der Waals surface area contributed by atoms with Gasteiger partial charge in [-0.3, -0.25) is 9.59 Å². The lowest BCUT2D eigenvalue weighted by atomic mass is 9.97. The molecule has 1 fully saturated rings. The second-order valence-electron chi connectivity index (χ2n) is 5.08. The molecular formula is C14H20N2O3S. The van der Waals surface area contributed by atoms with Gasteiger partial charge in [-0.1, -0.05) is 6.07 Å². The van der Waals surface area contributed by atoms with Gasteiger partial charge in [0.05, 0.1) is 13.2 Å². The van der Waals surface area contributed by atoms with Crippen LogP contribution in [-0.4, -0.2) is 42.5 Å². The maximum atomic E-state index is 12.4. The summed E-state index contributed by atoms with van der Waals surface area (Å²) >= 11 is 1.60. The monoisotopic (exact) mass is 296 g/mol. The van der Waals surface area contributed by atoms with Crippen LogP contribution < -0.4 is 5.32 Å². The Morgan fingerprint density at radius 2 is 2.40 bits per heavy atom. The third-order valence-electron chi connectivity index (χ3n) is 3.70. The number of thiophene rings is 1. The van der Waals surface area contributed by atoms with Crippen LogP contribution in [0.2, 0.25) is 0 Å². The molecule has 5 nitrogen and oxygen atoms in total. The van der Waals surface area contributed by atoms with E-state index in [-0.39, 0.29) is 11.8 Å². The Kier molecular flexibility index (Phi) is 4.77. The van der Waals surface area contributed by atoms with Gasteiger partial charge in [0.2, 0.25) is 11.8 Å². The van der Waals surface area contributed by atoms with Crippen molar-refractivity contribution in [2.45, 2.75) is 31.8 Å². The fraction of sp³-hybridized carbons (Fsp3) is 0.571. The highest BCUT2D eigenvalue weighted by atomic mass is 32.1. The van der Waals surface area contributed by atoms with E-state index in [4.69, 9.17) is 4.74 Å². The molecule has 0 saturated carbocycles. The van der Waals surface area contributed by atoms with Gasteiger partial charge >= 0.3 is 0 Å². The van der Waals surface area contributed by atoms with Gasteiger partial charge in [0.15, 0.2) is 0 Å². The summed E-state index contributed by atoms with van der Waals surface area (Å²) in [5.41, 5.74) is -0.755. The number of hydrogen-bond donors (Lipinski definition) is 1. The summed E-state index contributed by atoms with van der Waals surface area (Å²) in [6, 6.07) is 3.94. The normalized spacial score (nSPS) is 22.3. The van der Waals surface area contributed by atoms with E-state index < -0.39 is 5.54 Å². The van der Waals surface area contributed by atoms with Gasteiger partial charge in [-0.2, -0.15) is 0 Å². The topological polar surface area (TPSA) is 58.6 Å². The van der Waals surface area contributed by atoms with E-state index in [9.17, 15) is 9.59 Å². The van der Waals surface area contributed by atoms with Crippen molar-refractivity contribution in [1.29, 1.82) is 0 Å². The third-order valence-corrected chi connectivity index (χ3v) is 4.56. The number of likely N-dealkylation sites (tertiary alicyclic amines) is 1. The number of nitrogens with zero attached hydrogens (tertiary/aromatic N) is 1. The Labute approximate surface area is 122 Å². The van der Waals surface area contributed by atoms with E-state index in [1.54, 1.807) is 23.3 Å². The molecule has 2 heterocycles. The predicted molar refractivity (Wildman–Crippen MR) is 77.4 cm³/mol. The minimum absolute atomic E-state index is 0.0443. The van der Waals surface area contributed by atoms with Crippen LogP contribution in [0.4, 0.5) is 0 Å². The minimum atomic E-state index is -0.755. The number of carbonyl (C=O) groups is 2. The molecule has 0 radical (unpaired) electrons. The zero-order valence-corrected chi connectivity index (χ0v) is 12.7. The van der Waals surface area contributed by atoms with Crippen molar-refractivity contribution in [3.8, 4) is 0 Å². The Morgan fingerprint density at radius 1 is 1.60 bits per heavy atom. The van der Waals surface area contributed by atoms with Crippen molar-refractivity contribution in [1.82, 2.24) is 10.2 Å². The molecule has 2 amide bonds. The van der Waals surface area contributed by atoms with Crippen molar-refractivity contribution in [3.05, 3.63) is 22.4 Å². The second kappa shape index (κ2) is 6.37. The molecule has 1 aromatic rings. The van der Waals surface area contributed by atoms with Crippen LogP contribution in [0.15, 0.2) is 17.5 Å². The number of nitrogens with one attached hydrogen (secondary N) is 1. The number of rotatable bonds is 6. The first-order valence-electron chi connectivity index (χ1n) is 6.68. The quantitative estimate of drug-likeness (QED) is 0.807. The lowest BCUT2D eigenvalue weighted by Gasteiger charge is -2.33. The van der Waals surface area contributed by atoms with Crippen molar-refractivity contribution in [2.24, 2.45) is 0 Å². The molecular weight excluding hydrogens is 276 g/mol. The molecule has 110 valence electrons. The Bertz CT molecular complexity index is 475. The Morgan fingerprint density at radius 3 is 3.05 bits per heavy atom. The number of amides is 2. The highest BCUT2D eigenvalue weighted by molar-refractivity contribution is 7.09. The van der Waals surface area contributed by atoms with Gasteiger partial charge in [0.1, 0.15) is 5.54 Å². The smallest absolute Gasteiger partial charge is 0.245 e. The average Bonchev–Trinajstić information content (AvgIpc) is 3.03. The number of carbonyl (C=O) groups excluding carboxylic acids is 2. The van der Waals surface area contributed by atoms with E-state index in [1.807, 2.05) is 24.4 Å². The molecule has 1 aliphatic rings. The first kappa shape index (κ1) is 15.0. The largest absolute Gasteiger partial charge is 0.383 e. The molecule has 1 aromatic heterocycles. The summed E-state index contributed by atoms with van der Waals surface area (Å²) in [5.74, 6) is -0.0558. The van der Waals surface area contributed by atoms with Gasteiger partial charge in [0.25, 0.3) is 0 Å². The van der Waals surface area contributed by atoms with Crippen LogP contribution in [0.5, 0.6) is 0 Å². The van der Waals surface area contributed by atoms with Gasteiger partial charge in [-0.05, 0) is 24.8 Å². The van der Waals surface area contributed by atoms with Crippen LogP contribution >= 0.6 is 11.3 Å². The van der Waals surface area contributed by atoms with E-state index in [2.05, 4.69) is 5.32 Å². The van der Waals surface area contributed by atoms with Crippen LogP contribution in [0.25, 0.3) is 0 Å².